The highest BCUT2D eigenvalue weighted by Crippen LogP contribution is 2.09. The molecule has 0 aromatic carbocycles. The number of furan rings is 1. The maximum absolute atomic E-state index is 11.1. The van der Waals surface area contributed by atoms with Gasteiger partial charge in [0.15, 0.2) is 0 Å². The van der Waals surface area contributed by atoms with Crippen molar-refractivity contribution < 1.29 is 13.9 Å². The molecule has 0 saturated carbocycles. The minimum absolute atomic E-state index is 0.319. The molecule has 0 spiro atoms. The highest BCUT2D eigenvalue weighted by molar-refractivity contribution is 5.83. The van der Waals surface area contributed by atoms with E-state index < -0.39 is 0 Å². The molecule has 16 heavy (non-hydrogen) atoms. The van der Waals surface area contributed by atoms with E-state index in [1.807, 2.05) is 38.1 Å². The van der Waals surface area contributed by atoms with Gasteiger partial charge in [-0.2, -0.15) is 0 Å². The monoisotopic (exact) mass is 220 g/mol. The summed E-state index contributed by atoms with van der Waals surface area (Å²) in [6.45, 7) is 5.90. The van der Waals surface area contributed by atoms with Crippen molar-refractivity contribution in [1.29, 1.82) is 0 Å². The zero-order chi connectivity index (χ0) is 12.0. The number of allylic oxidation sites excluding steroid dienone is 2. The lowest BCUT2D eigenvalue weighted by Gasteiger charge is -1.95. The number of esters is 1. The van der Waals surface area contributed by atoms with Crippen LogP contribution in [-0.4, -0.2) is 12.6 Å². The van der Waals surface area contributed by atoms with Gasteiger partial charge in [-0.15, -0.1) is 0 Å². The quantitative estimate of drug-likeness (QED) is 0.444. The van der Waals surface area contributed by atoms with E-state index in [0.29, 0.717) is 6.61 Å². The summed E-state index contributed by atoms with van der Waals surface area (Å²) in [7, 11) is 0. The molecule has 0 bridgehead atoms. The Labute approximate surface area is 95.4 Å². The third-order valence-corrected chi connectivity index (χ3v) is 1.90. The molecule has 0 saturated heterocycles. The van der Waals surface area contributed by atoms with Crippen LogP contribution in [0.3, 0.4) is 0 Å². The molecule has 3 heteroatoms. The molecule has 0 N–H and O–H groups in total. The molecule has 1 aromatic rings. The van der Waals surface area contributed by atoms with Gasteiger partial charge in [0.25, 0.3) is 0 Å². The van der Waals surface area contributed by atoms with Gasteiger partial charge >= 0.3 is 5.97 Å². The van der Waals surface area contributed by atoms with E-state index in [0.717, 1.165) is 17.1 Å². The summed E-state index contributed by atoms with van der Waals surface area (Å²) in [4.78, 5) is 11.1. The number of rotatable bonds is 4. The van der Waals surface area contributed by atoms with E-state index in [2.05, 4.69) is 0 Å². The van der Waals surface area contributed by atoms with Crippen LogP contribution in [0.5, 0.6) is 0 Å². The maximum Gasteiger partial charge on any atom is 0.330 e. The van der Waals surface area contributed by atoms with E-state index >= 15 is 0 Å². The van der Waals surface area contributed by atoms with Crippen LogP contribution >= 0.6 is 0 Å². The molecule has 1 aromatic heterocycles. The van der Waals surface area contributed by atoms with Gasteiger partial charge in [0, 0.05) is 6.08 Å². The Hall–Kier alpha value is -1.77. The molecule has 1 heterocycles. The summed E-state index contributed by atoms with van der Waals surface area (Å²) in [6, 6.07) is 3.77. The fourth-order valence-corrected chi connectivity index (χ4v) is 1.17. The average Bonchev–Trinajstić information content (AvgIpc) is 2.61. The van der Waals surface area contributed by atoms with Crippen LogP contribution in [0, 0.1) is 6.92 Å². The van der Waals surface area contributed by atoms with Crippen LogP contribution in [0.1, 0.15) is 25.4 Å². The highest BCUT2D eigenvalue weighted by atomic mass is 16.5. The van der Waals surface area contributed by atoms with Gasteiger partial charge in [-0.1, -0.05) is 6.08 Å². The van der Waals surface area contributed by atoms with E-state index in [9.17, 15) is 4.79 Å². The first kappa shape index (κ1) is 12.3. The van der Waals surface area contributed by atoms with Gasteiger partial charge in [0.2, 0.25) is 0 Å². The van der Waals surface area contributed by atoms with Crippen molar-refractivity contribution in [3.05, 3.63) is 41.4 Å². The smallest absolute Gasteiger partial charge is 0.330 e. The zero-order valence-corrected chi connectivity index (χ0v) is 9.82. The Morgan fingerprint density at radius 3 is 2.81 bits per heavy atom. The van der Waals surface area contributed by atoms with Crippen LogP contribution in [0.4, 0.5) is 0 Å². The van der Waals surface area contributed by atoms with Crippen LogP contribution in [0.2, 0.25) is 0 Å². The molecule has 0 unspecified atom stereocenters. The second kappa shape index (κ2) is 5.95. The van der Waals surface area contributed by atoms with E-state index in [1.165, 1.54) is 6.08 Å². The Kier molecular flexibility index (Phi) is 4.58. The van der Waals surface area contributed by atoms with Gasteiger partial charge in [-0.25, -0.2) is 4.79 Å². The highest BCUT2D eigenvalue weighted by Gasteiger charge is 1.96. The van der Waals surface area contributed by atoms with Crippen LogP contribution in [-0.2, 0) is 9.53 Å². The molecule has 0 aliphatic rings. The zero-order valence-electron chi connectivity index (χ0n) is 9.82. The predicted octanol–water partition coefficient (Wildman–Crippen LogP) is 3.11. The van der Waals surface area contributed by atoms with Crippen molar-refractivity contribution in [2.45, 2.75) is 20.8 Å². The molecule has 3 nitrogen and oxygen atoms in total. The third kappa shape index (κ3) is 4.17. The fourth-order valence-electron chi connectivity index (χ4n) is 1.17. The number of aryl methyl sites for hydroxylation is 1. The minimum Gasteiger partial charge on any atom is -0.463 e. The van der Waals surface area contributed by atoms with Crippen molar-refractivity contribution in [3.8, 4) is 0 Å². The molecule has 0 fully saturated rings. The first-order valence-electron chi connectivity index (χ1n) is 5.21. The molecule has 0 aliphatic carbocycles. The normalized spacial score (nSPS) is 12.1. The Balaban J connectivity index is 2.60. The minimum atomic E-state index is -0.319. The molecule has 0 amide bonds. The summed E-state index contributed by atoms with van der Waals surface area (Å²) < 4.78 is 10.2. The summed E-state index contributed by atoms with van der Waals surface area (Å²) in [5, 5.41) is 0. The third-order valence-electron chi connectivity index (χ3n) is 1.90. The van der Waals surface area contributed by atoms with Crippen LogP contribution in [0.15, 0.2) is 34.3 Å². The van der Waals surface area contributed by atoms with Crippen LogP contribution < -0.4 is 0 Å². The molecular weight excluding hydrogens is 204 g/mol. The van der Waals surface area contributed by atoms with Crippen molar-refractivity contribution in [2.75, 3.05) is 6.61 Å². The number of carbonyl (C=O) groups is 1. The van der Waals surface area contributed by atoms with Crippen molar-refractivity contribution >= 4 is 12.0 Å². The van der Waals surface area contributed by atoms with Gasteiger partial charge in [0.1, 0.15) is 11.5 Å². The predicted molar refractivity (Wildman–Crippen MR) is 62.9 cm³/mol. The van der Waals surface area contributed by atoms with Gasteiger partial charge in [-0.05, 0) is 44.6 Å². The Morgan fingerprint density at radius 2 is 2.25 bits per heavy atom. The summed E-state index contributed by atoms with van der Waals surface area (Å²) in [5.41, 5.74) is 0.826. The second-order valence-corrected chi connectivity index (χ2v) is 3.42. The van der Waals surface area contributed by atoms with Gasteiger partial charge in [0.05, 0.1) is 6.61 Å². The Bertz CT molecular complexity index is 411. The van der Waals surface area contributed by atoms with Crippen molar-refractivity contribution in [2.24, 2.45) is 0 Å². The molecule has 0 radical (unpaired) electrons. The standard InChI is InChI=1S/C13H16O3/c1-4-15-13(14)9-10(2)5-7-12-8-6-11(3)16-12/h5-9H,4H2,1-3H3/b7-5-,10-9+. The van der Waals surface area contributed by atoms with E-state index in [1.54, 1.807) is 6.92 Å². The first-order chi connectivity index (χ1) is 7.61. The SMILES string of the molecule is CCOC(=O)/C=C(C)/C=C\c1ccc(C)o1. The first-order valence-corrected chi connectivity index (χ1v) is 5.21. The lowest BCUT2D eigenvalue weighted by molar-refractivity contribution is -0.137. The second-order valence-electron chi connectivity index (χ2n) is 3.42. The van der Waals surface area contributed by atoms with Gasteiger partial charge in [-0.3, -0.25) is 0 Å². The van der Waals surface area contributed by atoms with Crippen molar-refractivity contribution in [3.63, 3.8) is 0 Å². The van der Waals surface area contributed by atoms with Crippen molar-refractivity contribution in [1.82, 2.24) is 0 Å². The topological polar surface area (TPSA) is 39.4 Å². The van der Waals surface area contributed by atoms with E-state index in [4.69, 9.17) is 9.15 Å². The molecule has 0 aliphatic heterocycles. The average molecular weight is 220 g/mol. The van der Waals surface area contributed by atoms with E-state index in [-0.39, 0.29) is 5.97 Å². The summed E-state index contributed by atoms with van der Waals surface area (Å²) in [6.07, 6.45) is 5.09. The Morgan fingerprint density at radius 1 is 1.50 bits per heavy atom. The number of hydrogen-bond donors (Lipinski definition) is 0. The largest absolute Gasteiger partial charge is 0.463 e. The molecule has 86 valence electrons. The van der Waals surface area contributed by atoms with Crippen LogP contribution in [0.25, 0.3) is 6.08 Å². The fraction of sp³-hybridized carbons (Fsp3) is 0.308. The maximum atomic E-state index is 11.1. The summed E-state index contributed by atoms with van der Waals surface area (Å²) in [5.74, 6) is 1.32. The number of carbonyl (C=O) groups excluding carboxylic acids is 1. The lowest BCUT2D eigenvalue weighted by atomic mass is 10.2. The molecular formula is C13H16O3. The van der Waals surface area contributed by atoms with Gasteiger partial charge < -0.3 is 9.15 Å². The summed E-state index contributed by atoms with van der Waals surface area (Å²) >= 11 is 0. The lowest BCUT2D eigenvalue weighted by Crippen LogP contribution is -1.99. The number of hydrogen-bond acceptors (Lipinski definition) is 3. The number of ether oxygens (including phenoxy) is 1. The molecule has 1 rings (SSSR count). The molecule has 0 atom stereocenters.